The van der Waals surface area contributed by atoms with Crippen LogP contribution in [0.3, 0.4) is 0 Å². The Bertz CT molecular complexity index is 1150. The molecule has 0 aromatic heterocycles. The molecule has 7 nitrogen and oxygen atoms in total. The van der Waals surface area contributed by atoms with Crippen LogP contribution in [0.5, 0.6) is 11.5 Å². The smallest absolute Gasteiger partial charge is 0.253 e. The standard InChI is InChI=1S/C25H31ClN2O5S/c1-32-23-15-21(25(29)27-14-13-18-7-5-4-6-8-18)22(16-24(23)33-2)28(34(3,30)31)17-19-9-11-20(26)12-10-19/h7,9-12,15-16H,4-6,8,13-14,17H2,1-3H3,(H,27,29). The summed E-state index contributed by atoms with van der Waals surface area (Å²) in [5.74, 6) is 0.287. The molecule has 0 unspecified atom stereocenters. The predicted octanol–water partition coefficient (Wildman–Crippen LogP) is 4.94. The summed E-state index contributed by atoms with van der Waals surface area (Å²) in [6.07, 6.45) is 8.64. The number of sulfonamides is 1. The summed E-state index contributed by atoms with van der Waals surface area (Å²) >= 11 is 5.98. The van der Waals surface area contributed by atoms with E-state index in [1.165, 1.54) is 49.1 Å². The third-order valence-electron chi connectivity index (χ3n) is 5.77. The van der Waals surface area contributed by atoms with Crippen molar-refractivity contribution < 1.29 is 22.7 Å². The number of allylic oxidation sites excluding steroid dienone is 1. The molecule has 0 radical (unpaired) electrons. The molecule has 1 N–H and O–H groups in total. The van der Waals surface area contributed by atoms with E-state index in [1.807, 2.05) is 0 Å². The molecule has 0 fully saturated rings. The Morgan fingerprint density at radius 2 is 1.76 bits per heavy atom. The fraction of sp³-hybridized carbons (Fsp3) is 0.400. The number of rotatable bonds is 10. The van der Waals surface area contributed by atoms with E-state index in [-0.39, 0.29) is 23.7 Å². The molecule has 3 rings (SSSR count). The highest BCUT2D eigenvalue weighted by Crippen LogP contribution is 2.37. The number of hydrogen-bond acceptors (Lipinski definition) is 5. The first kappa shape index (κ1) is 25.9. The lowest BCUT2D eigenvalue weighted by atomic mass is 9.97. The number of hydrogen-bond donors (Lipinski definition) is 1. The first-order valence-corrected chi connectivity index (χ1v) is 13.4. The summed E-state index contributed by atoms with van der Waals surface area (Å²) in [4.78, 5) is 13.2. The Morgan fingerprint density at radius 1 is 1.09 bits per heavy atom. The number of anilines is 1. The molecule has 184 valence electrons. The van der Waals surface area contributed by atoms with Crippen molar-refractivity contribution in [2.24, 2.45) is 0 Å². The number of nitrogens with one attached hydrogen (secondary N) is 1. The van der Waals surface area contributed by atoms with Crippen LogP contribution >= 0.6 is 11.6 Å². The number of ether oxygens (including phenoxy) is 2. The topological polar surface area (TPSA) is 84.9 Å². The van der Waals surface area contributed by atoms with Crippen molar-refractivity contribution in [3.05, 3.63) is 64.2 Å². The molecule has 9 heteroatoms. The van der Waals surface area contributed by atoms with E-state index in [0.717, 1.165) is 31.1 Å². The summed E-state index contributed by atoms with van der Waals surface area (Å²) in [5.41, 5.74) is 2.47. The number of nitrogens with zero attached hydrogens (tertiary/aromatic N) is 1. The first-order valence-electron chi connectivity index (χ1n) is 11.2. The third-order valence-corrected chi connectivity index (χ3v) is 7.15. The minimum atomic E-state index is -3.75. The van der Waals surface area contributed by atoms with Crippen LogP contribution in [0, 0.1) is 0 Å². The highest BCUT2D eigenvalue weighted by atomic mass is 35.5. The zero-order valence-electron chi connectivity index (χ0n) is 19.8. The number of amides is 1. The largest absolute Gasteiger partial charge is 0.493 e. The number of halogens is 1. The second-order valence-corrected chi connectivity index (χ2v) is 10.6. The lowest BCUT2D eigenvalue weighted by Crippen LogP contribution is -2.33. The Hall–Kier alpha value is -2.71. The molecule has 0 bridgehead atoms. The molecule has 2 aromatic rings. The summed E-state index contributed by atoms with van der Waals surface area (Å²) in [6, 6.07) is 9.93. The molecule has 1 amide bonds. The van der Waals surface area contributed by atoms with E-state index in [4.69, 9.17) is 21.1 Å². The molecule has 0 heterocycles. The molecule has 0 atom stereocenters. The van der Waals surface area contributed by atoms with E-state index in [0.29, 0.717) is 23.1 Å². The molecule has 2 aromatic carbocycles. The zero-order valence-corrected chi connectivity index (χ0v) is 21.3. The summed E-state index contributed by atoms with van der Waals surface area (Å²) in [6.45, 7) is 0.493. The first-order chi connectivity index (χ1) is 16.2. The maximum atomic E-state index is 13.2. The van der Waals surface area contributed by atoms with Gasteiger partial charge in [-0.1, -0.05) is 35.4 Å². The van der Waals surface area contributed by atoms with Crippen LogP contribution < -0.4 is 19.1 Å². The van der Waals surface area contributed by atoms with Crippen LogP contribution in [0.2, 0.25) is 5.02 Å². The average molecular weight is 507 g/mol. The molecule has 0 spiro atoms. The van der Waals surface area contributed by atoms with Crippen molar-refractivity contribution >= 4 is 33.2 Å². The average Bonchev–Trinajstić information content (AvgIpc) is 2.82. The summed E-state index contributed by atoms with van der Waals surface area (Å²) < 4.78 is 37.7. The fourth-order valence-electron chi connectivity index (χ4n) is 3.96. The number of methoxy groups -OCH3 is 2. The third kappa shape index (κ3) is 6.67. The van der Waals surface area contributed by atoms with Crippen LogP contribution in [0.25, 0.3) is 0 Å². The van der Waals surface area contributed by atoms with E-state index in [1.54, 1.807) is 24.3 Å². The van der Waals surface area contributed by atoms with Gasteiger partial charge in [-0.05, 0) is 55.9 Å². The van der Waals surface area contributed by atoms with E-state index in [9.17, 15) is 13.2 Å². The molecule has 0 saturated carbocycles. The Balaban J connectivity index is 1.96. The maximum Gasteiger partial charge on any atom is 0.253 e. The molecule has 1 aliphatic carbocycles. The molecule has 34 heavy (non-hydrogen) atoms. The lowest BCUT2D eigenvalue weighted by Gasteiger charge is -2.26. The molecule has 1 aliphatic rings. The van der Waals surface area contributed by atoms with Crippen LogP contribution in [-0.4, -0.2) is 41.3 Å². The zero-order chi connectivity index (χ0) is 24.7. The molecule has 0 saturated heterocycles. The Morgan fingerprint density at radius 3 is 2.35 bits per heavy atom. The van der Waals surface area contributed by atoms with Crippen molar-refractivity contribution in [1.82, 2.24) is 5.32 Å². The van der Waals surface area contributed by atoms with Gasteiger partial charge in [-0.3, -0.25) is 9.10 Å². The van der Waals surface area contributed by atoms with Gasteiger partial charge in [0.25, 0.3) is 5.91 Å². The van der Waals surface area contributed by atoms with Gasteiger partial charge < -0.3 is 14.8 Å². The minimum absolute atomic E-state index is 0.0264. The second-order valence-electron chi connectivity index (χ2n) is 8.23. The van der Waals surface area contributed by atoms with Crippen molar-refractivity contribution in [2.75, 3.05) is 31.3 Å². The molecular formula is C25H31ClN2O5S. The van der Waals surface area contributed by atoms with Crippen molar-refractivity contribution in [1.29, 1.82) is 0 Å². The molecule has 0 aliphatic heterocycles. The van der Waals surface area contributed by atoms with E-state index >= 15 is 0 Å². The summed E-state index contributed by atoms with van der Waals surface area (Å²) in [7, 11) is -0.819. The van der Waals surface area contributed by atoms with Gasteiger partial charge in [-0.15, -0.1) is 0 Å². The van der Waals surface area contributed by atoms with E-state index in [2.05, 4.69) is 11.4 Å². The number of carbonyl (C=O) groups is 1. The number of benzene rings is 2. The number of carbonyl (C=O) groups excluding carboxylic acids is 1. The van der Waals surface area contributed by atoms with Gasteiger partial charge in [0.15, 0.2) is 11.5 Å². The quantitative estimate of drug-likeness (QED) is 0.461. The normalized spacial score (nSPS) is 13.7. The maximum absolute atomic E-state index is 13.2. The van der Waals surface area contributed by atoms with Crippen molar-refractivity contribution in [2.45, 2.75) is 38.6 Å². The highest BCUT2D eigenvalue weighted by Gasteiger charge is 2.26. The van der Waals surface area contributed by atoms with Gasteiger partial charge in [0.1, 0.15) is 0 Å². The van der Waals surface area contributed by atoms with Crippen LogP contribution in [0.15, 0.2) is 48.0 Å². The van der Waals surface area contributed by atoms with Crippen LogP contribution in [0.1, 0.15) is 48.0 Å². The Kier molecular flexibility index (Phi) is 8.85. The molecular weight excluding hydrogens is 476 g/mol. The van der Waals surface area contributed by atoms with Gasteiger partial charge in [0.05, 0.1) is 38.3 Å². The van der Waals surface area contributed by atoms with Gasteiger partial charge in [0, 0.05) is 17.6 Å². The monoisotopic (exact) mass is 506 g/mol. The van der Waals surface area contributed by atoms with Gasteiger partial charge >= 0.3 is 0 Å². The van der Waals surface area contributed by atoms with Crippen LogP contribution in [0.4, 0.5) is 5.69 Å². The van der Waals surface area contributed by atoms with Gasteiger partial charge in [-0.25, -0.2) is 8.42 Å². The van der Waals surface area contributed by atoms with Gasteiger partial charge in [-0.2, -0.15) is 0 Å². The summed E-state index contributed by atoms with van der Waals surface area (Å²) in [5, 5.41) is 3.49. The predicted molar refractivity (Wildman–Crippen MR) is 136 cm³/mol. The highest BCUT2D eigenvalue weighted by molar-refractivity contribution is 7.92. The van der Waals surface area contributed by atoms with Crippen LogP contribution in [-0.2, 0) is 16.6 Å². The minimum Gasteiger partial charge on any atom is -0.493 e. The fourth-order valence-corrected chi connectivity index (χ4v) is 4.97. The Labute approximate surface area is 206 Å². The van der Waals surface area contributed by atoms with Crippen molar-refractivity contribution in [3.63, 3.8) is 0 Å². The van der Waals surface area contributed by atoms with Gasteiger partial charge in [0.2, 0.25) is 10.0 Å². The lowest BCUT2D eigenvalue weighted by molar-refractivity contribution is 0.0954. The second kappa shape index (κ2) is 11.6. The van der Waals surface area contributed by atoms with E-state index < -0.39 is 10.0 Å². The SMILES string of the molecule is COc1cc(C(=O)NCCC2=CCCCC2)c(N(Cc2ccc(Cl)cc2)S(C)(=O)=O)cc1OC. The van der Waals surface area contributed by atoms with Crippen molar-refractivity contribution in [3.8, 4) is 11.5 Å².